The first-order chi connectivity index (χ1) is 11.2. The summed E-state index contributed by atoms with van der Waals surface area (Å²) in [6, 6.07) is 9.89. The Kier molecular flexibility index (Phi) is 8.23. The third-order valence-electron chi connectivity index (χ3n) is 3.33. The molecule has 0 saturated carbocycles. The van der Waals surface area contributed by atoms with E-state index in [1.54, 1.807) is 12.2 Å². The molecule has 4 heteroatoms. The van der Waals surface area contributed by atoms with E-state index in [0.29, 0.717) is 6.54 Å². The van der Waals surface area contributed by atoms with Crippen LogP contribution in [-0.4, -0.2) is 25.5 Å². The monoisotopic (exact) mass is 311 g/mol. The number of amides is 1. The maximum atomic E-state index is 11.8. The summed E-state index contributed by atoms with van der Waals surface area (Å²) in [5.41, 5.74) is 2.10. The lowest BCUT2D eigenvalue weighted by Crippen LogP contribution is -2.24. The van der Waals surface area contributed by atoms with Crippen LogP contribution in [0.4, 0.5) is 5.69 Å². The van der Waals surface area contributed by atoms with Crippen molar-refractivity contribution in [2.75, 3.05) is 24.5 Å². The molecule has 0 unspecified atom stereocenters. The summed E-state index contributed by atoms with van der Waals surface area (Å²) < 4.78 is 0. The molecule has 0 aliphatic heterocycles. The Morgan fingerprint density at radius 3 is 2.35 bits per heavy atom. The molecule has 0 heterocycles. The van der Waals surface area contributed by atoms with Crippen LogP contribution < -0.4 is 10.2 Å². The fourth-order valence-electron chi connectivity index (χ4n) is 2.27. The Bertz CT molecular complexity index is 576. The predicted molar refractivity (Wildman–Crippen MR) is 96.0 cm³/mol. The normalized spacial score (nSPS) is 10.7. The molecule has 1 rings (SSSR count). The number of nitrogens with zero attached hydrogens (tertiary/aromatic N) is 2. The van der Waals surface area contributed by atoms with Gasteiger partial charge in [0.2, 0.25) is 0 Å². The number of hydrogen-bond donors (Lipinski definition) is 1. The number of benzene rings is 1. The summed E-state index contributed by atoms with van der Waals surface area (Å²) in [6.07, 6.45) is 5.39. The largest absolute Gasteiger partial charge is 0.372 e. The van der Waals surface area contributed by atoms with E-state index in [2.05, 4.69) is 30.6 Å². The number of nitriles is 1. The van der Waals surface area contributed by atoms with Gasteiger partial charge in [-0.15, -0.1) is 6.58 Å². The van der Waals surface area contributed by atoms with Gasteiger partial charge in [0.1, 0.15) is 11.6 Å². The Balaban J connectivity index is 2.89. The smallest absolute Gasteiger partial charge is 0.262 e. The average Bonchev–Trinajstić information content (AvgIpc) is 2.58. The third-order valence-corrected chi connectivity index (χ3v) is 3.33. The zero-order chi connectivity index (χ0) is 17.1. The number of anilines is 1. The van der Waals surface area contributed by atoms with E-state index in [-0.39, 0.29) is 11.5 Å². The van der Waals surface area contributed by atoms with Gasteiger partial charge >= 0.3 is 0 Å². The molecule has 0 fully saturated rings. The van der Waals surface area contributed by atoms with E-state index in [1.807, 2.05) is 30.3 Å². The van der Waals surface area contributed by atoms with E-state index < -0.39 is 0 Å². The van der Waals surface area contributed by atoms with Crippen LogP contribution in [0, 0.1) is 11.3 Å². The van der Waals surface area contributed by atoms with Crippen LogP contribution in [-0.2, 0) is 4.79 Å². The molecule has 0 radical (unpaired) electrons. The van der Waals surface area contributed by atoms with Gasteiger partial charge in [0.25, 0.3) is 5.91 Å². The van der Waals surface area contributed by atoms with Crippen molar-refractivity contribution in [3.05, 3.63) is 48.1 Å². The van der Waals surface area contributed by atoms with E-state index in [0.717, 1.165) is 31.5 Å². The van der Waals surface area contributed by atoms with E-state index >= 15 is 0 Å². The molecule has 0 bridgehead atoms. The van der Waals surface area contributed by atoms with Crippen molar-refractivity contribution in [1.29, 1.82) is 5.26 Å². The molecule has 0 saturated heterocycles. The summed E-state index contributed by atoms with van der Waals surface area (Å²) in [4.78, 5) is 14.2. The number of carbonyl (C=O) groups excluding carboxylic acids is 1. The number of carbonyl (C=O) groups is 1. The fraction of sp³-hybridized carbons (Fsp3) is 0.368. The first-order valence-electron chi connectivity index (χ1n) is 8.02. The molecule has 0 aromatic heterocycles. The molecule has 0 spiro atoms. The molecule has 0 atom stereocenters. The SMILES string of the molecule is C=CCNC(=O)/C(C#N)=C/c1ccc(N(CCC)CCC)cc1. The molecule has 23 heavy (non-hydrogen) atoms. The zero-order valence-electron chi connectivity index (χ0n) is 14.0. The van der Waals surface area contributed by atoms with Crippen LogP contribution in [0.15, 0.2) is 42.5 Å². The molecule has 1 aromatic rings. The maximum Gasteiger partial charge on any atom is 0.262 e. The van der Waals surface area contributed by atoms with Crippen molar-refractivity contribution in [2.24, 2.45) is 0 Å². The minimum Gasteiger partial charge on any atom is -0.372 e. The van der Waals surface area contributed by atoms with Gasteiger partial charge in [0.15, 0.2) is 0 Å². The molecule has 1 amide bonds. The lowest BCUT2D eigenvalue weighted by Gasteiger charge is -2.23. The van der Waals surface area contributed by atoms with E-state index in [9.17, 15) is 4.79 Å². The molecule has 0 aliphatic rings. The molecular weight excluding hydrogens is 286 g/mol. The molecule has 0 aliphatic carbocycles. The summed E-state index contributed by atoms with van der Waals surface area (Å²) in [5, 5.41) is 11.7. The zero-order valence-corrected chi connectivity index (χ0v) is 14.0. The minimum atomic E-state index is -0.380. The second kappa shape index (κ2) is 10.2. The van der Waals surface area contributed by atoms with Crippen LogP contribution in [0.1, 0.15) is 32.3 Å². The Morgan fingerprint density at radius 2 is 1.87 bits per heavy atom. The van der Waals surface area contributed by atoms with Gasteiger partial charge in [-0.25, -0.2) is 0 Å². The van der Waals surface area contributed by atoms with E-state index in [1.165, 1.54) is 5.69 Å². The van der Waals surface area contributed by atoms with Gasteiger partial charge in [-0.2, -0.15) is 5.26 Å². The average molecular weight is 311 g/mol. The van der Waals surface area contributed by atoms with Gasteiger partial charge in [-0.3, -0.25) is 4.79 Å². The van der Waals surface area contributed by atoms with Gasteiger partial charge in [0.05, 0.1) is 0 Å². The molecule has 122 valence electrons. The van der Waals surface area contributed by atoms with Crippen molar-refractivity contribution in [2.45, 2.75) is 26.7 Å². The van der Waals surface area contributed by atoms with Crippen molar-refractivity contribution >= 4 is 17.7 Å². The highest BCUT2D eigenvalue weighted by atomic mass is 16.1. The number of nitrogens with one attached hydrogen (secondary N) is 1. The maximum absolute atomic E-state index is 11.8. The van der Waals surface area contributed by atoms with Crippen LogP contribution >= 0.6 is 0 Å². The quantitative estimate of drug-likeness (QED) is 0.431. The van der Waals surface area contributed by atoms with Crippen molar-refractivity contribution < 1.29 is 4.79 Å². The van der Waals surface area contributed by atoms with Crippen molar-refractivity contribution in [1.82, 2.24) is 5.32 Å². The summed E-state index contributed by atoms with van der Waals surface area (Å²) in [5.74, 6) is -0.380. The molecule has 4 nitrogen and oxygen atoms in total. The van der Waals surface area contributed by atoms with Crippen LogP contribution in [0.2, 0.25) is 0 Å². The topological polar surface area (TPSA) is 56.1 Å². The Morgan fingerprint density at radius 1 is 1.26 bits per heavy atom. The number of hydrogen-bond acceptors (Lipinski definition) is 3. The van der Waals surface area contributed by atoms with Gasteiger partial charge in [-0.05, 0) is 36.6 Å². The highest BCUT2D eigenvalue weighted by molar-refractivity contribution is 6.01. The van der Waals surface area contributed by atoms with Crippen LogP contribution in [0.25, 0.3) is 6.08 Å². The van der Waals surface area contributed by atoms with Gasteiger partial charge in [0, 0.05) is 25.3 Å². The minimum absolute atomic E-state index is 0.0959. The summed E-state index contributed by atoms with van der Waals surface area (Å²) in [6.45, 7) is 10.3. The summed E-state index contributed by atoms with van der Waals surface area (Å²) in [7, 11) is 0. The lowest BCUT2D eigenvalue weighted by molar-refractivity contribution is -0.116. The van der Waals surface area contributed by atoms with Crippen molar-refractivity contribution in [3.8, 4) is 6.07 Å². The Hall–Kier alpha value is -2.54. The molecule has 1 N–H and O–H groups in total. The number of rotatable bonds is 9. The highest BCUT2D eigenvalue weighted by Crippen LogP contribution is 2.17. The fourth-order valence-corrected chi connectivity index (χ4v) is 2.27. The van der Waals surface area contributed by atoms with Crippen LogP contribution in [0.5, 0.6) is 0 Å². The Labute approximate surface area is 139 Å². The second-order valence-corrected chi connectivity index (χ2v) is 5.25. The predicted octanol–water partition coefficient (Wildman–Crippen LogP) is 3.52. The van der Waals surface area contributed by atoms with Gasteiger partial charge in [-0.1, -0.05) is 32.1 Å². The molecular formula is C19H25N3O. The van der Waals surface area contributed by atoms with Crippen LogP contribution in [0.3, 0.4) is 0 Å². The van der Waals surface area contributed by atoms with E-state index in [4.69, 9.17) is 5.26 Å². The summed E-state index contributed by atoms with van der Waals surface area (Å²) >= 11 is 0. The van der Waals surface area contributed by atoms with Gasteiger partial charge < -0.3 is 10.2 Å². The second-order valence-electron chi connectivity index (χ2n) is 5.25. The first kappa shape index (κ1) is 18.5. The standard InChI is InChI=1S/C19H25N3O/c1-4-11-21-19(23)17(15-20)14-16-7-9-18(10-8-16)22(12-5-2)13-6-3/h4,7-10,14H,1,5-6,11-13H2,2-3H3,(H,21,23)/b17-14+. The van der Waals surface area contributed by atoms with Crippen molar-refractivity contribution in [3.63, 3.8) is 0 Å². The lowest BCUT2D eigenvalue weighted by atomic mass is 10.1. The molecule has 1 aromatic carbocycles. The highest BCUT2D eigenvalue weighted by Gasteiger charge is 2.08. The first-order valence-corrected chi connectivity index (χ1v) is 8.02. The third kappa shape index (κ3) is 5.99.